The minimum absolute atomic E-state index is 0.0153. The summed E-state index contributed by atoms with van der Waals surface area (Å²) >= 11 is 0. The van der Waals surface area contributed by atoms with Gasteiger partial charge in [0.25, 0.3) is 5.91 Å². The quantitative estimate of drug-likeness (QED) is 0.350. The van der Waals surface area contributed by atoms with Gasteiger partial charge in [-0.15, -0.1) is 0 Å². The van der Waals surface area contributed by atoms with Crippen LogP contribution in [0.15, 0.2) is 36.9 Å². The van der Waals surface area contributed by atoms with Crippen LogP contribution in [0.4, 0.5) is 5.82 Å². The summed E-state index contributed by atoms with van der Waals surface area (Å²) in [5, 5.41) is 16.6. The third-order valence-electron chi connectivity index (χ3n) is 7.97. The number of fused-ring (bicyclic) bond motifs is 4. The number of H-pyrrole nitrogens is 1. The molecule has 2 saturated heterocycles. The molecule has 2 aliphatic heterocycles. The maximum absolute atomic E-state index is 13.1. The van der Waals surface area contributed by atoms with Gasteiger partial charge in [-0.05, 0) is 44.2 Å². The van der Waals surface area contributed by atoms with E-state index in [2.05, 4.69) is 25.4 Å². The Hall–Kier alpha value is -4.61. The number of ketones is 1. The molecule has 4 aromatic heterocycles. The van der Waals surface area contributed by atoms with Crippen LogP contribution in [0.3, 0.4) is 0 Å². The van der Waals surface area contributed by atoms with Crippen LogP contribution in [0.2, 0.25) is 0 Å². The lowest BCUT2D eigenvalue weighted by Crippen LogP contribution is -2.46. The van der Waals surface area contributed by atoms with Crippen LogP contribution in [-0.4, -0.2) is 68.2 Å². The number of amides is 1. The molecule has 0 radical (unpaired) electrons. The van der Waals surface area contributed by atoms with Crippen molar-refractivity contribution < 1.29 is 9.59 Å². The van der Waals surface area contributed by atoms with Gasteiger partial charge in [0.05, 0.1) is 23.0 Å². The molecule has 3 N–H and O–H groups in total. The Morgan fingerprint density at radius 3 is 2.66 bits per heavy atom. The van der Waals surface area contributed by atoms with E-state index in [1.807, 2.05) is 36.3 Å². The van der Waals surface area contributed by atoms with Gasteiger partial charge in [-0.3, -0.25) is 19.4 Å². The first-order valence-corrected chi connectivity index (χ1v) is 12.7. The van der Waals surface area contributed by atoms with E-state index in [0.717, 1.165) is 34.9 Å². The molecular weight excluding hydrogens is 484 g/mol. The van der Waals surface area contributed by atoms with E-state index < -0.39 is 0 Å². The first-order chi connectivity index (χ1) is 18.4. The molecule has 1 amide bonds. The molecule has 12 heteroatoms. The van der Waals surface area contributed by atoms with Crippen LogP contribution in [0.1, 0.15) is 65.2 Å². The Bertz CT molecular complexity index is 1720. The minimum atomic E-state index is -0.147. The fourth-order valence-corrected chi connectivity index (χ4v) is 6.36. The lowest BCUT2D eigenvalue weighted by Gasteiger charge is -2.38. The minimum Gasteiger partial charge on any atom is -0.383 e. The number of aryl methyl sites for hydroxylation is 1. The first-order valence-electron chi connectivity index (χ1n) is 12.7. The number of nitrogens with one attached hydrogen (secondary N) is 1. The largest absolute Gasteiger partial charge is 0.383 e. The Kier molecular flexibility index (Phi) is 4.87. The molecule has 7 rings (SSSR count). The monoisotopic (exact) mass is 510 g/mol. The number of nitrogens with zero attached hydrogens (tertiary/aromatic N) is 8. The van der Waals surface area contributed by atoms with E-state index in [9.17, 15) is 9.59 Å². The van der Waals surface area contributed by atoms with E-state index >= 15 is 0 Å². The third-order valence-corrected chi connectivity index (χ3v) is 7.97. The zero-order valence-electron chi connectivity index (χ0n) is 21.0. The summed E-state index contributed by atoms with van der Waals surface area (Å²) in [4.78, 5) is 37.0. The molecule has 0 spiro atoms. The second-order valence-electron chi connectivity index (χ2n) is 10.3. The van der Waals surface area contributed by atoms with Crippen molar-refractivity contribution in [1.82, 2.24) is 44.5 Å². The first kappa shape index (κ1) is 22.6. The van der Waals surface area contributed by atoms with Gasteiger partial charge < -0.3 is 10.6 Å². The number of nitrogen functional groups attached to an aromatic ring is 1. The number of anilines is 1. The maximum Gasteiger partial charge on any atom is 0.291 e. The molecule has 1 unspecified atom stereocenters. The zero-order chi connectivity index (χ0) is 26.1. The number of nitrogens with two attached hydrogens (primary N) is 1. The van der Waals surface area contributed by atoms with E-state index in [1.54, 1.807) is 15.4 Å². The molecule has 12 nitrogen and oxygen atoms in total. The molecular formula is C26H26N10O2. The average molecular weight is 511 g/mol. The van der Waals surface area contributed by atoms with Crippen molar-refractivity contribution in [2.45, 2.75) is 50.6 Å². The summed E-state index contributed by atoms with van der Waals surface area (Å²) in [5.74, 6) is 0.244. The standard InChI is InChI=1S/C26H26N10O2/c1-13(37)21-22(16-7-17-5-6-18(8-16)35(17)26(38)24-28-12-29-32-24)31-25-19(10-30-36(25)23(21)27)14-3-4-15-11-34(2)33-20(15)9-14/h3-4,9-12,16-18H,5-8,27H2,1-2H3,(H,28,29,32)/t16?,17-,18+. The predicted octanol–water partition coefficient (Wildman–Crippen LogP) is 2.74. The van der Waals surface area contributed by atoms with Gasteiger partial charge in [-0.1, -0.05) is 12.1 Å². The van der Waals surface area contributed by atoms with Crippen molar-refractivity contribution in [2.24, 2.45) is 7.05 Å². The SMILES string of the molecule is CC(=O)c1c(C2C[C@H]3CC[C@@H](C2)N3C(=O)c2ncn[nH]2)nc2c(-c3ccc4cn(C)nc4c3)cnn2c1N. The highest BCUT2D eigenvalue weighted by Gasteiger charge is 2.45. The van der Waals surface area contributed by atoms with Crippen LogP contribution in [0.5, 0.6) is 0 Å². The van der Waals surface area contributed by atoms with E-state index in [1.165, 1.54) is 13.3 Å². The predicted molar refractivity (Wildman–Crippen MR) is 138 cm³/mol. The second-order valence-corrected chi connectivity index (χ2v) is 10.3. The zero-order valence-corrected chi connectivity index (χ0v) is 21.0. The number of aromatic amines is 1. The molecule has 38 heavy (non-hydrogen) atoms. The van der Waals surface area contributed by atoms with Crippen LogP contribution in [0.25, 0.3) is 27.7 Å². The third kappa shape index (κ3) is 3.32. The highest BCUT2D eigenvalue weighted by Crippen LogP contribution is 2.45. The summed E-state index contributed by atoms with van der Waals surface area (Å²) in [6.45, 7) is 1.51. The topological polar surface area (TPSA) is 153 Å². The fourth-order valence-electron chi connectivity index (χ4n) is 6.36. The molecule has 192 valence electrons. The van der Waals surface area contributed by atoms with Crippen molar-refractivity contribution in [1.29, 1.82) is 0 Å². The van der Waals surface area contributed by atoms with Gasteiger partial charge in [0, 0.05) is 42.2 Å². The highest BCUT2D eigenvalue weighted by atomic mass is 16.2. The van der Waals surface area contributed by atoms with E-state index in [4.69, 9.17) is 10.7 Å². The lowest BCUT2D eigenvalue weighted by molar-refractivity contribution is 0.0556. The summed E-state index contributed by atoms with van der Waals surface area (Å²) in [5.41, 5.74) is 10.9. The highest BCUT2D eigenvalue weighted by molar-refractivity contribution is 6.00. The molecule has 5 aromatic rings. The second kappa shape index (κ2) is 8.20. The summed E-state index contributed by atoms with van der Waals surface area (Å²) in [6, 6.07) is 6.12. The summed E-state index contributed by atoms with van der Waals surface area (Å²) in [6.07, 6.45) is 8.24. The Balaban J connectivity index is 1.31. The Labute approximate surface area is 216 Å². The average Bonchev–Trinajstić information content (AvgIpc) is 3.68. The van der Waals surface area contributed by atoms with Crippen molar-refractivity contribution in [2.75, 3.05) is 5.73 Å². The molecule has 2 fully saturated rings. The number of Topliss-reactive ketones (excluding diaryl/α,β-unsaturated/α-hetero) is 1. The number of carbonyl (C=O) groups excluding carboxylic acids is 2. The lowest BCUT2D eigenvalue weighted by atomic mass is 9.85. The number of rotatable bonds is 4. The van der Waals surface area contributed by atoms with Crippen LogP contribution >= 0.6 is 0 Å². The fraction of sp³-hybridized carbons (Fsp3) is 0.346. The number of carbonyl (C=O) groups is 2. The van der Waals surface area contributed by atoms with Gasteiger partial charge in [-0.25, -0.2) is 9.97 Å². The number of aromatic nitrogens is 8. The number of benzene rings is 1. The number of piperidine rings is 1. The van der Waals surface area contributed by atoms with Gasteiger partial charge in [0.1, 0.15) is 12.1 Å². The smallest absolute Gasteiger partial charge is 0.291 e. The van der Waals surface area contributed by atoms with Gasteiger partial charge in [-0.2, -0.15) is 19.8 Å². The van der Waals surface area contributed by atoms with Crippen LogP contribution in [-0.2, 0) is 7.05 Å². The van der Waals surface area contributed by atoms with Crippen molar-refractivity contribution in [3.05, 3.63) is 54.0 Å². The molecule has 3 atom stereocenters. The molecule has 6 heterocycles. The van der Waals surface area contributed by atoms with Gasteiger partial charge in [0.15, 0.2) is 11.4 Å². The molecule has 1 aromatic carbocycles. The molecule has 0 aliphatic carbocycles. The summed E-state index contributed by atoms with van der Waals surface area (Å²) in [7, 11) is 1.89. The van der Waals surface area contributed by atoms with Gasteiger partial charge >= 0.3 is 0 Å². The molecule has 2 bridgehead atoms. The normalized spacial score (nSPS) is 21.0. The molecule has 0 saturated carbocycles. The number of hydrogen-bond donors (Lipinski definition) is 2. The molecule has 2 aliphatic rings. The van der Waals surface area contributed by atoms with Crippen LogP contribution in [0, 0.1) is 0 Å². The maximum atomic E-state index is 13.1. The van der Waals surface area contributed by atoms with E-state index in [-0.39, 0.29) is 41.3 Å². The summed E-state index contributed by atoms with van der Waals surface area (Å²) < 4.78 is 3.33. The van der Waals surface area contributed by atoms with Crippen molar-refractivity contribution in [3.63, 3.8) is 0 Å². The Morgan fingerprint density at radius 1 is 1.16 bits per heavy atom. The van der Waals surface area contributed by atoms with Crippen molar-refractivity contribution >= 4 is 34.1 Å². The number of hydrogen-bond acceptors (Lipinski definition) is 8. The Morgan fingerprint density at radius 2 is 1.95 bits per heavy atom. The van der Waals surface area contributed by atoms with Crippen LogP contribution < -0.4 is 5.73 Å². The van der Waals surface area contributed by atoms with Gasteiger partial charge in [0.2, 0.25) is 5.82 Å². The van der Waals surface area contributed by atoms with E-state index in [0.29, 0.717) is 29.7 Å². The van der Waals surface area contributed by atoms with Crippen molar-refractivity contribution in [3.8, 4) is 11.1 Å².